The lowest BCUT2D eigenvalue weighted by molar-refractivity contribution is 0.0396. The number of hydrogen-bond donors (Lipinski definition) is 0. The van der Waals surface area contributed by atoms with E-state index in [1.165, 1.54) is 0 Å². The van der Waals surface area contributed by atoms with Crippen LogP contribution in [0.3, 0.4) is 0 Å². The zero-order valence-corrected chi connectivity index (χ0v) is 18.3. The Morgan fingerprint density at radius 2 is 1.41 bits per heavy atom. The van der Waals surface area contributed by atoms with E-state index in [1.807, 2.05) is 12.1 Å². The third-order valence-corrected chi connectivity index (χ3v) is 5.03. The van der Waals surface area contributed by atoms with Crippen LogP contribution in [-0.2, 0) is 15.9 Å². The highest BCUT2D eigenvalue weighted by molar-refractivity contribution is 6.07. The van der Waals surface area contributed by atoms with Gasteiger partial charge in [-0.1, -0.05) is 61.9 Å². The summed E-state index contributed by atoms with van der Waals surface area (Å²) in [6.45, 7) is 4.10. The molecule has 3 aromatic rings. The Balaban J connectivity index is 2.01. The van der Waals surface area contributed by atoms with E-state index in [4.69, 9.17) is 9.47 Å². The monoisotopic (exact) mass is 430 g/mol. The van der Waals surface area contributed by atoms with Crippen molar-refractivity contribution in [1.82, 2.24) is 0 Å². The van der Waals surface area contributed by atoms with Gasteiger partial charge in [0.05, 0.1) is 23.3 Å². The van der Waals surface area contributed by atoms with Crippen LogP contribution < -0.4 is 0 Å². The van der Waals surface area contributed by atoms with E-state index < -0.39 is 17.9 Å². The van der Waals surface area contributed by atoms with Crippen molar-refractivity contribution in [3.05, 3.63) is 95.1 Å². The average molecular weight is 431 g/mol. The molecule has 5 heteroatoms. The summed E-state index contributed by atoms with van der Waals surface area (Å²) < 4.78 is 10.4. The van der Waals surface area contributed by atoms with Gasteiger partial charge in [-0.05, 0) is 60.7 Å². The number of carbonyl (C=O) groups is 3. The van der Waals surface area contributed by atoms with Crippen LogP contribution in [0, 0.1) is 0 Å². The van der Waals surface area contributed by atoms with Crippen molar-refractivity contribution in [2.24, 2.45) is 0 Å². The van der Waals surface area contributed by atoms with Crippen molar-refractivity contribution in [2.45, 2.75) is 33.1 Å². The van der Waals surface area contributed by atoms with Crippen LogP contribution in [0.25, 0.3) is 11.1 Å². The van der Waals surface area contributed by atoms with E-state index in [0.29, 0.717) is 16.7 Å². The maximum absolute atomic E-state index is 12.9. The molecule has 0 bridgehead atoms. The molecule has 0 saturated heterocycles. The first-order valence-electron chi connectivity index (χ1n) is 10.8. The summed E-state index contributed by atoms with van der Waals surface area (Å²) in [6.07, 6.45) is 2.90. The van der Waals surface area contributed by atoms with E-state index >= 15 is 0 Å². The summed E-state index contributed by atoms with van der Waals surface area (Å²) >= 11 is 0. The Bertz CT molecular complexity index is 1100. The molecule has 0 unspecified atom stereocenters. The fraction of sp³-hybridized carbons (Fsp3) is 0.222. The summed E-state index contributed by atoms with van der Waals surface area (Å²) in [7, 11) is 0. The summed E-state index contributed by atoms with van der Waals surface area (Å²) in [5.74, 6) is -1.97. The molecule has 0 spiro atoms. The third kappa shape index (κ3) is 5.49. The Kier molecular flexibility index (Phi) is 7.92. The molecule has 0 aliphatic rings. The van der Waals surface area contributed by atoms with Crippen LogP contribution in [0.5, 0.6) is 0 Å². The summed E-state index contributed by atoms with van der Waals surface area (Å²) in [4.78, 5) is 37.9. The normalized spacial score (nSPS) is 10.4. The Hall–Kier alpha value is -3.73. The highest BCUT2D eigenvalue weighted by atomic mass is 16.6. The minimum atomic E-state index is -0.775. The number of carbonyl (C=O) groups excluding carboxylic acids is 3. The van der Waals surface area contributed by atoms with Crippen molar-refractivity contribution in [3.63, 3.8) is 0 Å². The number of ether oxygens (including phenoxy) is 2. The van der Waals surface area contributed by atoms with Crippen LogP contribution in [0.4, 0.5) is 0 Å². The molecule has 0 fully saturated rings. The molecule has 0 aliphatic heterocycles. The number of rotatable bonds is 8. The van der Waals surface area contributed by atoms with Crippen molar-refractivity contribution in [2.75, 3.05) is 6.61 Å². The van der Waals surface area contributed by atoms with Crippen molar-refractivity contribution >= 4 is 17.9 Å². The Morgan fingerprint density at radius 1 is 0.719 bits per heavy atom. The first-order chi connectivity index (χ1) is 15.5. The molecule has 3 rings (SSSR count). The smallest absolute Gasteiger partial charge is 0.346 e. The second-order valence-electron chi connectivity index (χ2n) is 7.29. The largest absolute Gasteiger partial charge is 0.462 e. The molecule has 0 saturated carbocycles. The second kappa shape index (κ2) is 11.0. The van der Waals surface area contributed by atoms with Crippen molar-refractivity contribution in [1.29, 1.82) is 0 Å². The zero-order chi connectivity index (χ0) is 22.9. The van der Waals surface area contributed by atoms with E-state index in [-0.39, 0.29) is 17.7 Å². The molecule has 0 heterocycles. The van der Waals surface area contributed by atoms with E-state index in [2.05, 4.69) is 6.92 Å². The Labute approximate surface area is 188 Å². The fourth-order valence-electron chi connectivity index (χ4n) is 3.41. The number of unbranched alkanes of at least 4 members (excludes halogenated alkanes) is 1. The van der Waals surface area contributed by atoms with Gasteiger partial charge in [0.25, 0.3) is 0 Å². The molecule has 0 aromatic heterocycles. The first-order valence-corrected chi connectivity index (χ1v) is 10.8. The lowest BCUT2D eigenvalue weighted by Gasteiger charge is -2.14. The minimum Gasteiger partial charge on any atom is -0.462 e. The summed E-state index contributed by atoms with van der Waals surface area (Å²) in [6, 6.07) is 20.7. The van der Waals surface area contributed by atoms with Gasteiger partial charge in [0.15, 0.2) is 0 Å². The molecule has 164 valence electrons. The second-order valence-corrected chi connectivity index (χ2v) is 7.29. The van der Waals surface area contributed by atoms with Crippen molar-refractivity contribution in [3.8, 4) is 11.1 Å². The minimum absolute atomic E-state index is 0.204. The maximum Gasteiger partial charge on any atom is 0.346 e. The third-order valence-electron chi connectivity index (χ3n) is 5.03. The van der Waals surface area contributed by atoms with Gasteiger partial charge in [-0.25, -0.2) is 14.4 Å². The van der Waals surface area contributed by atoms with Gasteiger partial charge < -0.3 is 9.47 Å². The predicted molar refractivity (Wildman–Crippen MR) is 123 cm³/mol. The van der Waals surface area contributed by atoms with Crippen LogP contribution >= 0.6 is 0 Å². The maximum atomic E-state index is 12.9. The summed E-state index contributed by atoms with van der Waals surface area (Å²) in [5.41, 5.74) is 3.00. The van der Waals surface area contributed by atoms with E-state index in [1.54, 1.807) is 67.6 Å². The molecule has 0 radical (unpaired) electrons. The molecular formula is C27H26O5. The van der Waals surface area contributed by atoms with Crippen LogP contribution in [-0.4, -0.2) is 24.5 Å². The summed E-state index contributed by atoms with van der Waals surface area (Å²) in [5, 5.41) is 0. The van der Waals surface area contributed by atoms with Gasteiger partial charge in [-0.15, -0.1) is 0 Å². The fourth-order valence-corrected chi connectivity index (χ4v) is 3.41. The average Bonchev–Trinajstić information content (AvgIpc) is 2.83. The molecule has 32 heavy (non-hydrogen) atoms. The topological polar surface area (TPSA) is 69.7 Å². The molecule has 0 atom stereocenters. The molecular weight excluding hydrogens is 404 g/mol. The van der Waals surface area contributed by atoms with E-state index in [9.17, 15) is 14.4 Å². The standard InChI is InChI=1S/C27H26O5/c1-3-5-11-19-16-17-23(26(29)31-4-2)24(18-19)21-14-9-10-15-22(21)27(30)32-25(28)20-12-7-6-8-13-20/h6-10,12-18H,3-5,11H2,1-2H3. The molecule has 3 aromatic carbocycles. The number of hydrogen-bond acceptors (Lipinski definition) is 5. The van der Waals surface area contributed by atoms with Crippen LogP contribution in [0.2, 0.25) is 0 Å². The van der Waals surface area contributed by atoms with Crippen LogP contribution in [0.1, 0.15) is 63.3 Å². The van der Waals surface area contributed by atoms with Gasteiger partial charge in [0.2, 0.25) is 0 Å². The predicted octanol–water partition coefficient (Wildman–Crippen LogP) is 5.87. The molecule has 0 aliphatic carbocycles. The van der Waals surface area contributed by atoms with Gasteiger partial charge in [-0.2, -0.15) is 0 Å². The number of aryl methyl sites for hydroxylation is 1. The quantitative estimate of drug-likeness (QED) is 0.330. The van der Waals surface area contributed by atoms with Crippen LogP contribution in [0.15, 0.2) is 72.8 Å². The van der Waals surface area contributed by atoms with Gasteiger partial charge in [0.1, 0.15) is 0 Å². The lowest BCUT2D eigenvalue weighted by Crippen LogP contribution is -2.14. The lowest BCUT2D eigenvalue weighted by atomic mass is 9.92. The zero-order valence-electron chi connectivity index (χ0n) is 18.3. The molecule has 0 amide bonds. The van der Waals surface area contributed by atoms with Crippen molar-refractivity contribution < 1.29 is 23.9 Å². The Morgan fingerprint density at radius 3 is 2.12 bits per heavy atom. The highest BCUT2D eigenvalue weighted by Crippen LogP contribution is 2.30. The van der Waals surface area contributed by atoms with E-state index in [0.717, 1.165) is 24.8 Å². The highest BCUT2D eigenvalue weighted by Gasteiger charge is 2.22. The number of benzene rings is 3. The SMILES string of the molecule is CCCCc1ccc(C(=O)OCC)c(-c2ccccc2C(=O)OC(=O)c2ccccc2)c1. The molecule has 5 nitrogen and oxygen atoms in total. The van der Waals surface area contributed by atoms with Gasteiger partial charge >= 0.3 is 17.9 Å². The number of esters is 3. The first kappa shape index (κ1) is 22.9. The van der Waals surface area contributed by atoms with Gasteiger partial charge in [0, 0.05) is 0 Å². The molecule has 0 N–H and O–H groups in total. The van der Waals surface area contributed by atoms with Gasteiger partial charge in [-0.3, -0.25) is 0 Å².